The number of ether oxygens (including phenoxy) is 2. The number of Topliss-reactive ketones (excluding diaryl/α,β-unsaturated/α-hetero) is 1. The van der Waals surface area contributed by atoms with Crippen molar-refractivity contribution in [2.45, 2.75) is 19.3 Å². The van der Waals surface area contributed by atoms with E-state index in [1.807, 2.05) is 0 Å². The minimum atomic E-state index is -0.817. The largest absolute Gasteiger partial charge is 0.490 e. The molecule has 0 aromatic heterocycles. The third-order valence-corrected chi connectivity index (χ3v) is 7.30. The monoisotopic (exact) mass is 478 g/mol. The summed E-state index contributed by atoms with van der Waals surface area (Å²) in [4.78, 5) is 62.8. The maximum atomic E-state index is 13.0. The molecule has 0 spiro atoms. The van der Waals surface area contributed by atoms with E-state index in [1.165, 1.54) is 36.3 Å². The average molecular weight is 478 g/mol. The van der Waals surface area contributed by atoms with Crippen LogP contribution in [0.5, 0.6) is 5.75 Å². The highest BCUT2D eigenvalue weighted by molar-refractivity contribution is 6.22. The highest BCUT2D eigenvalue weighted by Crippen LogP contribution is 2.56. The van der Waals surface area contributed by atoms with Crippen molar-refractivity contribution in [1.82, 2.24) is 0 Å². The lowest BCUT2D eigenvalue weighted by molar-refractivity contribution is -0.385. The van der Waals surface area contributed by atoms with E-state index >= 15 is 0 Å². The first-order chi connectivity index (χ1) is 16.8. The number of nitrogens with zero attached hydrogens (tertiary/aromatic N) is 2. The van der Waals surface area contributed by atoms with Crippen molar-refractivity contribution in [3.8, 4) is 5.75 Å². The first-order valence-electron chi connectivity index (χ1n) is 11.3. The van der Waals surface area contributed by atoms with Gasteiger partial charge in [-0.15, -0.1) is 0 Å². The fourth-order valence-electron chi connectivity index (χ4n) is 5.74. The van der Waals surface area contributed by atoms with E-state index in [9.17, 15) is 29.3 Å². The molecule has 4 atom stereocenters. The number of esters is 1. The van der Waals surface area contributed by atoms with Gasteiger partial charge in [0.1, 0.15) is 0 Å². The van der Waals surface area contributed by atoms with E-state index in [-0.39, 0.29) is 58.0 Å². The predicted molar refractivity (Wildman–Crippen MR) is 121 cm³/mol. The molecule has 1 aliphatic heterocycles. The van der Waals surface area contributed by atoms with Crippen LogP contribution in [0.3, 0.4) is 0 Å². The zero-order valence-corrected chi connectivity index (χ0v) is 18.8. The van der Waals surface area contributed by atoms with E-state index in [0.717, 1.165) is 25.3 Å². The lowest BCUT2D eigenvalue weighted by atomic mass is 9.81. The normalized spacial score (nSPS) is 24.4. The van der Waals surface area contributed by atoms with E-state index in [0.29, 0.717) is 5.69 Å². The standard InChI is InChI=1S/C25H22N2O8/c1-34-20-8-7-13(11-18(20)27(32)33)19(28)12-35-25(31)16-3-2-4-17(10-16)26-23(29)21-14-5-6-15(9-14)22(21)24(26)30/h2-4,7-8,10-11,14-15,21-22H,5-6,9,12H2,1H3/t14-,15-,21-,22+/m0/s1. The van der Waals surface area contributed by atoms with E-state index in [1.54, 1.807) is 12.1 Å². The number of nitro groups is 1. The molecule has 1 saturated heterocycles. The molecule has 3 fully saturated rings. The number of imide groups is 1. The van der Waals surface area contributed by atoms with Crippen LogP contribution < -0.4 is 9.64 Å². The number of hydrogen-bond acceptors (Lipinski definition) is 8. The van der Waals surface area contributed by atoms with Crippen LogP contribution in [0.4, 0.5) is 11.4 Å². The van der Waals surface area contributed by atoms with E-state index < -0.39 is 23.3 Å². The smallest absolute Gasteiger partial charge is 0.338 e. The van der Waals surface area contributed by atoms with Crippen molar-refractivity contribution in [2.24, 2.45) is 23.7 Å². The van der Waals surface area contributed by atoms with Gasteiger partial charge in [-0.1, -0.05) is 6.07 Å². The summed E-state index contributed by atoms with van der Waals surface area (Å²) >= 11 is 0. The molecular formula is C25H22N2O8. The van der Waals surface area contributed by atoms with Crippen LogP contribution in [-0.4, -0.2) is 42.2 Å². The Labute approximate surface area is 200 Å². The van der Waals surface area contributed by atoms with Crippen molar-refractivity contribution < 1.29 is 33.6 Å². The van der Waals surface area contributed by atoms with Crippen LogP contribution in [0.15, 0.2) is 42.5 Å². The Kier molecular flexibility index (Phi) is 5.58. The van der Waals surface area contributed by atoms with Crippen LogP contribution in [0.1, 0.15) is 40.0 Å². The predicted octanol–water partition coefficient (Wildman–Crippen LogP) is 3.18. The number of ketones is 1. The molecule has 0 unspecified atom stereocenters. The summed E-state index contributed by atoms with van der Waals surface area (Å²) in [7, 11) is 1.28. The highest BCUT2D eigenvalue weighted by atomic mass is 16.6. The van der Waals surface area contributed by atoms with Crippen molar-refractivity contribution in [2.75, 3.05) is 18.6 Å². The molecule has 2 aromatic rings. The molecule has 3 aliphatic rings. The minimum absolute atomic E-state index is 0.00325. The molecule has 1 heterocycles. The quantitative estimate of drug-likeness (QED) is 0.195. The van der Waals surface area contributed by atoms with Crippen LogP contribution in [0.25, 0.3) is 0 Å². The molecule has 35 heavy (non-hydrogen) atoms. The third-order valence-electron chi connectivity index (χ3n) is 7.30. The molecule has 2 aliphatic carbocycles. The van der Waals surface area contributed by atoms with Crippen LogP contribution >= 0.6 is 0 Å². The maximum absolute atomic E-state index is 13.0. The van der Waals surface area contributed by atoms with Crippen LogP contribution in [0, 0.1) is 33.8 Å². The Hall–Kier alpha value is -4.08. The van der Waals surface area contributed by atoms with Gasteiger partial charge in [0.05, 0.1) is 35.1 Å². The van der Waals surface area contributed by atoms with Gasteiger partial charge in [0.15, 0.2) is 12.4 Å². The fraction of sp³-hybridized carbons (Fsp3) is 0.360. The van der Waals surface area contributed by atoms with Crippen LogP contribution in [-0.2, 0) is 14.3 Å². The Morgan fingerprint density at radius 1 is 1.03 bits per heavy atom. The Balaban J connectivity index is 1.28. The molecule has 10 heteroatoms. The first-order valence-corrected chi connectivity index (χ1v) is 11.3. The van der Waals surface area contributed by atoms with Gasteiger partial charge in [-0.3, -0.25) is 29.4 Å². The Morgan fingerprint density at radius 2 is 1.71 bits per heavy atom. The summed E-state index contributed by atoms with van der Waals surface area (Å²) in [5.41, 5.74) is 0.000934. The summed E-state index contributed by atoms with van der Waals surface area (Å²) in [5, 5.41) is 11.2. The molecule has 2 aromatic carbocycles. The summed E-state index contributed by atoms with van der Waals surface area (Å²) in [6, 6.07) is 9.71. The number of carbonyl (C=O) groups excluding carboxylic acids is 4. The summed E-state index contributed by atoms with van der Waals surface area (Å²) in [5.74, 6) is -1.92. The molecular weight excluding hydrogens is 456 g/mol. The lowest BCUT2D eigenvalue weighted by Crippen LogP contribution is -2.32. The molecule has 2 amide bonds. The second-order valence-electron chi connectivity index (χ2n) is 9.09. The van der Waals surface area contributed by atoms with Gasteiger partial charge in [-0.05, 0) is 61.4 Å². The molecule has 10 nitrogen and oxygen atoms in total. The lowest BCUT2D eigenvalue weighted by Gasteiger charge is -2.19. The number of carbonyl (C=O) groups is 4. The summed E-state index contributed by atoms with van der Waals surface area (Å²) in [6.45, 7) is -0.637. The average Bonchev–Trinajstić information content (AvgIpc) is 3.55. The number of nitro benzene ring substituents is 1. The van der Waals surface area contributed by atoms with Gasteiger partial charge in [-0.2, -0.15) is 0 Å². The van der Waals surface area contributed by atoms with Gasteiger partial charge in [0, 0.05) is 11.6 Å². The number of amides is 2. The van der Waals surface area contributed by atoms with Crippen LogP contribution in [0.2, 0.25) is 0 Å². The zero-order valence-electron chi connectivity index (χ0n) is 18.8. The summed E-state index contributed by atoms with van der Waals surface area (Å²) in [6.07, 6.45) is 2.87. The van der Waals surface area contributed by atoms with E-state index in [2.05, 4.69) is 0 Å². The van der Waals surface area contributed by atoms with Crippen molar-refractivity contribution >= 4 is 34.9 Å². The molecule has 0 N–H and O–H groups in total. The SMILES string of the molecule is COc1ccc(C(=O)COC(=O)c2cccc(N3C(=O)[C@@H]4[C@H]5CC[C@@H](C5)[C@@H]4C3=O)c2)cc1[N+](=O)[O-]. The topological polar surface area (TPSA) is 133 Å². The van der Waals surface area contributed by atoms with Crippen molar-refractivity contribution in [3.63, 3.8) is 0 Å². The number of anilines is 1. The Bertz CT molecular complexity index is 1240. The molecule has 2 saturated carbocycles. The zero-order chi connectivity index (χ0) is 24.9. The first kappa shape index (κ1) is 22.7. The Morgan fingerprint density at radius 3 is 2.34 bits per heavy atom. The second kappa shape index (κ2) is 8.61. The van der Waals surface area contributed by atoms with Gasteiger partial charge in [-0.25, -0.2) is 4.79 Å². The van der Waals surface area contributed by atoms with Gasteiger partial charge >= 0.3 is 11.7 Å². The van der Waals surface area contributed by atoms with E-state index in [4.69, 9.17) is 9.47 Å². The number of methoxy groups -OCH3 is 1. The summed E-state index contributed by atoms with van der Waals surface area (Å²) < 4.78 is 10.0. The number of hydrogen-bond donors (Lipinski definition) is 0. The van der Waals surface area contributed by atoms with Gasteiger partial charge in [0.2, 0.25) is 17.6 Å². The number of benzene rings is 2. The van der Waals surface area contributed by atoms with Gasteiger partial charge < -0.3 is 9.47 Å². The number of rotatable bonds is 7. The fourth-order valence-corrected chi connectivity index (χ4v) is 5.74. The van der Waals surface area contributed by atoms with Crippen molar-refractivity contribution in [1.29, 1.82) is 0 Å². The highest BCUT2D eigenvalue weighted by Gasteiger charge is 2.61. The molecule has 0 radical (unpaired) electrons. The third kappa shape index (κ3) is 3.74. The molecule has 5 rings (SSSR count). The minimum Gasteiger partial charge on any atom is -0.490 e. The maximum Gasteiger partial charge on any atom is 0.338 e. The number of fused-ring (bicyclic) bond motifs is 5. The molecule has 180 valence electrons. The van der Waals surface area contributed by atoms with Crippen molar-refractivity contribution in [3.05, 3.63) is 63.7 Å². The van der Waals surface area contributed by atoms with Gasteiger partial charge in [0.25, 0.3) is 0 Å². The second-order valence-corrected chi connectivity index (χ2v) is 9.09. The molecule has 2 bridgehead atoms.